The molecule has 0 bridgehead atoms. The summed E-state index contributed by atoms with van der Waals surface area (Å²) in [6, 6.07) is -1.60. The van der Waals surface area contributed by atoms with E-state index in [0.29, 0.717) is 0 Å². The molecule has 0 aromatic heterocycles. The van der Waals surface area contributed by atoms with Crippen LogP contribution in [-0.2, 0) is 9.59 Å². The summed E-state index contributed by atoms with van der Waals surface area (Å²) in [5.41, 5.74) is 0. The van der Waals surface area contributed by atoms with Crippen molar-refractivity contribution in [1.29, 1.82) is 0 Å². The molecule has 0 aromatic carbocycles. The SMILES string of the molecule is CC(C)C[C@@H](NC(=O)C(F)(F)C(F)F)C(=O)O. The van der Waals surface area contributed by atoms with E-state index in [1.807, 2.05) is 0 Å². The second kappa shape index (κ2) is 5.83. The number of carbonyl (C=O) groups is 2. The molecule has 0 heterocycles. The van der Waals surface area contributed by atoms with Crippen molar-refractivity contribution in [2.24, 2.45) is 5.92 Å². The van der Waals surface area contributed by atoms with E-state index in [9.17, 15) is 27.2 Å². The van der Waals surface area contributed by atoms with Crippen molar-refractivity contribution in [3.05, 3.63) is 0 Å². The molecule has 0 saturated heterocycles. The van der Waals surface area contributed by atoms with Gasteiger partial charge in [-0.25, -0.2) is 13.6 Å². The zero-order chi connectivity index (χ0) is 13.8. The highest BCUT2D eigenvalue weighted by molar-refractivity contribution is 5.88. The predicted molar refractivity (Wildman–Crippen MR) is 50.0 cm³/mol. The van der Waals surface area contributed by atoms with Gasteiger partial charge in [0.05, 0.1) is 0 Å². The van der Waals surface area contributed by atoms with E-state index in [1.165, 1.54) is 5.32 Å². The van der Waals surface area contributed by atoms with Crippen molar-refractivity contribution in [2.45, 2.75) is 38.7 Å². The molecular weight excluding hydrogens is 246 g/mol. The Kier molecular flexibility index (Phi) is 5.37. The topological polar surface area (TPSA) is 66.4 Å². The normalized spacial score (nSPS) is 13.9. The molecule has 0 unspecified atom stereocenters. The summed E-state index contributed by atoms with van der Waals surface area (Å²) >= 11 is 0. The summed E-state index contributed by atoms with van der Waals surface area (Å²) in [6.07, 6.45) is -4.29. The summed E-state index contributed by atoms with van der Waals surface area (Å²) in [4.78, 5) is 21.4. The number of nitrogens with one attached hydrogen (secondary N) is 1. The molecule has 1 atom stereocenters. The van der Waals surface area contributed by atoms with Gasteiger partial charge in [-0.05, 0) is 12.3 Å². The van der Waals surface area contributed by atoms with Crippen molar-refractivity contribution in [2.75, 3.05) is 0 Å². The van der Waals surface area contributed by atoms with Crippen molar-refractivity contribution < 1.29 is 32.3 Å². The minimum absolute atomic E-state index is 0.125. The van der Waals surface area contributed by atoms with Crippen LogP contribution in [-0.4, -0.2) is 35.4 Å². The van der Waals surface area contributed by atoms with Gasteiger partial charge in [-0.15, -0.1) is 0 Å². The fraction of sp³-hybridized carbons (Fsp3) is 0.778. The number of carboxylic acids is 1. The summed E-state index contributed by atoms with van der Waals surface area (Å²) in [7, 11) is 0. The van der Waals surface area contributed by atoms with Crippen molar-refractivity contribution >= 4 is 11.9 Å². The number of hydrogen-bond acceptors (Lipinski definition) is 2. The van der Waals surface area contributed by atoms with Crippen LogP contribution in [0.1, 0.15) is 20.3 Å². The molecule has 0 aliphatic carbocycles. The van der Waals surface area contributed by atoms with E-state index >= 15 is 0 Å². The summed E-state index contributed by atoms with van der Waals surface area (Å²) in [6.45, 7) is 3.21. The van der Waals surface area contributed by atoms with Gasteiger partial charge in [0.1, 0.15) is 6.04 Å². The lowest BCUT2D eigenvalue weighted by molar-refractivity contribution is -0.171. The van der Waals surface area contributed by atoms with Gasteiger partial charge in [-0.3, -0.25) is 4.79 Å². The third kappa shape index (κ3) is 4.58. The van der Waals surface area contributed by atoms with E-state index in [-0.39, 0.29) is 12.3 Å². The first kappa shape index (κ1) is 15.7. The van der Waals surface area contributed by atoms with E-state index < -0.39 is 30.3 Å². The highest BCUT2D eigenvalue weighted by atomic mass is 19.3. The molecule has 0 rings (SSSR count). The van der Waals surface area contributed by atoms with Crippen LogP contribution in [0.2, 0.25) is 0 Å². The minimum atomic E-state index is -4.88. The first-order chi connectivity index (χ1) is 7.59. The van der Waals surface area contributed by atoms with Crippen LogP contribution in [0.3, 0.4) is 0 Å². The third-order valence-corrected chi connectivity index (χ3v) is 1.89. The first-order valence-electron chi connectivity index (χ1n) is 4.78. The minimum Gasteiger partial charge on any atom is -0.480 e. The maximum atomic E-state index is 12.5. The number of hydrogen-bond donors (Lipinski definition) is 2. The Bertz CT molecular complexity index is 294. The predicted octanol–water partition coefficient (Wildman–Crippen LogP) is 1.50. The fourth-order valence-corrected chi connectivity index (χ4v) is 1.05. The molecule has 0 radical (unpaired) electrons. The second-order valence-corrected chi connectivity index (χ2v) is 3.92. The summed E-state index contributed by atoms with van der Waals surface area (Å²) in [5, 5.41) is 10.0. The molecule has 0 saturated carbocycles. The maximum absolute atomic E-state index is 12.5. The Morgan fingerprint density at radius 3 is 2.06 bits per heavy atom. The van der Waals surface area contributed by atoms with Crippen LogP contribution in [0.5, 0.6) is 0 Å². The van der Waals surface area contributed by atoms with Gasteiger partial charge in [0.15, 0.2) is 0 Å². The lowest BCUT2D eigenvalue weighted by atomic mass is 10.0. The average Bonchev–Trinajstić information content (AvgIpc) is 2.15. The second-order valence-electron chi connectivity index (χ2n) is 3.92. The molecule has 0 aromatic rings. The fourth-order valence-electron chi connectivity index (χ4n) is 1.05. The van der Waals surface area contributed by atoms with Gasteiger partial charge in [0, 0.05) is 0 Å². The van der Waals surface area contributed by atoms with E-state index in [0.717, 1.165) is 0 Å². The molecular formula is C9H13F4NO3. The molecule has 0 aliphatic rings. The van der Waals surface area contributed by atoms with Crippen LogP contribution >= 0.6 is 0 Å². The summed E-state index contributed by atoms with van der Waals surface area (Å²) < 4.78 is 48.7. The molecule has 17 heavy (non-hydrogen) atoms. The molecule has 0 fully saturated rings. The van der Waals surface area contributed by atoms with Crippen LogP contribution in [0.25, 0.3) is 0 Å². The Labute approximate surface area is 95.0 Å². The molecule has 4 nitrogen and oxygen atoms in total. The van der Waals surface area contributed by atoms with Gasteiger partial charge in [-0.1, -0.05) is 13.8 Å². The summed E-state index contributed by atoms with van der Waals surface area (Å²) in [5.74, 6) is -8.90. The Morgan fingerprint density at radius 1 is 1.29 bits per heavy atom. The van der Waals surface area contributed by atoms with Gasteiger partial charge in [0.2, 0.25) is 0 Å². The molecule has 8 heteroatoms. The lowest BCUT2D eigenvalue weighted by Crippen LogP contribution is -2.51. The molecule has 0 aliphatic heterocycles. The number of amides is 1. The largest absolute Gasteiger partial charge is 0.480 e. The van der Waals surface area contributed by atoms with Gasteiger partial charge >= 0.3 is 18.3 Å². The highest BCUT2D eigenvalue weighted by Gasteiger charge is 2.49. The Hall–Kier alpha value is -1.34. The van der Waals surface area contributed by atoms with Crippen molar-refractivity contribution in [1.82, 2.24) is 5.32 Å². The van der Waals surface area contributed by atoms with Gasteiger partial charge in [0.25, 0.3) is 5.91 Å². The van der Waals surface area contributed by atoms with E-state index in [4.69, 9.17) is 5.11 Å². The zero-order valence-electron chi connectivity index (χ0n) is 9.21. The van der Waals surface area contributed by atoms with E-state index in [1.54, 1.807) is 13.8 Å². The zero-order valence-corrected chi connectivity index (χ0v) is 9.21. The molecule has 100 valence electrons. The quantitative estimate of drug-likeness (QED) is 0.710. The van der Waals surface area contributed by atoms with Crippen LogP contribution in [0.4, 0.5) is 17.6 Å². The Morgan fingerprint density at radius 2 is 1.76 bits per heavy atom. The van der Waals surface area contributed by atoms with Crippen LogP contribution in [0.15, 0.2) is 0 Å². The number of aliphatic carboxylic acids is 1. The van der Waals surface area contributed by atoms with Crippen LogP contribution in [0, 0.1) is 5.92 Å². The number of halogens is 4. The standard InChI is InChI=1S/C9H13F4NO3/c1-4(2)3-5(6(15)16)14-8(17)9(12,13)7(10)11/h4-5,7H,3H2,1-2H3,(H,14,17)(H,15,16)/t5-/m1/s1. The molecule has 1 amide bonds. The molecule has 0 spiro atoms. The van der Waals surface area contributed by atoms with Gasteiger partial charge in [-0.2, -0.15) is 8.78 Å². The number of rotatable bonds is 6. The number of alkyl halides is 4. The van der Waals surface area contributed by atoms with Crippen molar-refractivity contribution in [3.8, 4) is 0 Å². The average molecular weight is 259 g/mol. The van der Waals surface area contributed by atoms with Crippen molar-refractivity contribution in [3.63, 3.8) is 0 Å². The van der Waals surface area contributed by atoms with Gasteiger partial charge < -0.3 is 10.4 Å². The number of carboxylic acid groups (broad SMARTS) is 1. The molecule has 2 N–H and O–H groups in total. The smallest absolute Gasteiger partial charge is 0.383 e. The van der Waals surface area contributed by atoms with E-state index in [2.05, 4.69) is 0 Å². The monoisotopic (exact) mass is 259 g/mol. The third-order valence-electron chi connectivity index (χ3n) is 1.89. The first-order valence-corrected chi connectivity index (χ1v) is 4.78. The highest BCUT2D eigenvalue weighted by Crippen LogP contribution is 2.23. The Balaban J connectivity index is 4.67. The number of carbonyl (C=O) groups excluding carboxylic acids is 1. The van der Waals surface area contributed by atoms with Crippen LogP contribution < -0.4 is 5.32 Å². The lowest BCUT2D eigenvalue weighted by Gasteiger charge is -2.20. The maximum Gasteiger partial charge on any atom is 0.383 e.